The van der Waals surface area contributed by atoms with Crippen LogP contribution in [0.3, 0.4) is 0 Å². The van der Waals surface area contributed by atoms with E-state index >= 15 is 0 Å². The summed E-state index contributed by atoms with van der Waals surface area (Å²) in [5, 5.41) is 10.2. The summed E-state index contributed by atoms with van der Waals surface area (Å²) in [5.74, 6) is 0.195. The highest BCUT2D eigenvalue weighted by atomic mass is 79.9. The highest BCUT2D eigenvalue weighted by Gasteiger charge is 2.33. The lowest BCUT2D eigenvalue weighted by Gasteiger charge is -2.13. The minimum atomic E-state index is -4.47. The summed E-state index contributed by atoms with van der Waals surface area (Å²) in [6.45, 7) is 0. The van der Waals surface area contributed by atoms with Gasteiger partial charge in [-0.05, 0) is 24.3 Å². The number of thiocarbonyl (C=S) groups is 1. The number of halogens is 4. The van der Waals surface area contributed by atoms with Crippen LogP contribution in [0.25, 0.3) is 0 Å². The Hall–Kier alpha value is -1.74. The van der Waals surface area contributed by atoms with Crippen LogP contribution in [-0.4, -0.2) is 15.2 Å². The second-order valence-corrected chi connectivity index (χ2v) is 5.27. The van der Waals surface area contributed by atoms with Gasteiger partial charge >= 0.3 is 6.18 Å². The molecule has 0 fully saturated rings. The topological polar surface area (TPSA) is 63.8 Å². The quantitative estimate of drug-likeness (QED) is 0.800. The van der Waals surface area contributed by atoms with Crippen LogP contribution in [0.15, 0.2) is 34.9 Å². The molecule has 21 heavy (non-hydrogen) atoms. The van der Waals surface area contributed by atoms with E-state index < -0.39 is 11.7 Å². The van der Waals surface area contributed by atoms with Crippen LogP contribution in [0.2, 0.25) is 0 Å². The van der Waals surface area contributed by atoms with Crippen molar-refractivity contribution in [3.63, 3.8) is 0 Å². The summed E-state index contributed by atoms with van der Waals surface area (Å²) >= 11 is 7.73. The zero-order chi connectivity index (χ0) is 15.6. The maximum absolute atomic E-state index is 12.8. The molecule has 1 heterocycles. The molecule has 0 radical (unpaired) electrons. The lowest BCUT2D eigenvalue weighted by atomic mass is 10.2. The summed E-state index contributed by atoms with van der Waals surface area (Å²) in [6.07, 6.45) is -3.08. The molecule has 3 N–H and O–H groups in total. The van der Waals surface area contributed by atoms with Gasteiger partial charge in [-0.2, -0.15) is 18.3 Å². The predicted molar refractivity (Wildman–Crippen MR) is 80.3 cm³/mol. The second-order valence-electron chi connectivity index (χ2n) is 3.98. The van der Waals surface area contributed by atoms with Gasteiger partial charge < -0.3 is 11.1 Å². The van der Waals surface area contributed by atoms with Gasteiger partial charge in [0.15, 0.2) is 5.82 Å². The summed E-state index contributed by atoms with van der Waals surface area (Å²) < 4.78 is 38.5. The Bertz CT molecular complexity index is 690. The minimum absolute atomic E-state index is 0.0470. The molecule has 1 aromatic carbocycles. The summed E-state index contributed by atoms with van der Waals surface area (Å²) in [4.78, 5) is 0.0700. The summed E-state index contributed by atoms with van der Waals surface area (Å²) in [5.41, 5.74) is 5.33. The van der Waals surface area contributed by atoms with Crippen LogP contribution in [0, 0.1) is 0 Å². The molecule has 2 rings (SSSR count). The van der Waals surface area contributed by atoms with Gasteiger partial charge in [-0.1, -0.05) is 28.1 Å². The number of nitrogens with one attached hydrogen (secondary N) is 1. The molecule has 1 aromatic heterocycles. The van der Waals surface area contributed by atoms with Crippen molar-refractivity contribution in [2.45, 2.75) is 6.18 Å². The zero-order valence-electron chi connectivity index (χ0n) is 10.3. The Kier molecular flexibility index (Phi) is 4.43. The molecule has 0 unspecified atom stereocenters. The van der Waals surface area contributed by atoms with E-state index in [-0.39, 0.29) is 21.0 Å². The molecular weight excluding hydrogens is 369 g/mol. The SMILES string of the molecule is NC(=S)c1ccnnc1Nc1ccc(Br)c(C(F)(F)F)c1. The number of hydrogen-bond donors (Lipinski definition) is 2. The van der Waals surface area contributed by atoms with E-state index in [2.05, 4.69) is 31.4 Å². The first-order valence-electron chi connectivity index (χ1n) is 5.54. The largest absolute Gasteiger partial charge is 0.417 e. The number of rotatable bonds is 3. The first kappa shape index (κ1) is 15.6. The number of alkyl halides is 3. The molecule has 0 spiro atoms. The smallest absolute Gasteiger partial charge is 0.389 e. The van der Waals surface area contributed by atoms with E-state index in [1.807, 2.05) is 0 Å². The maximum Gasteiger partial charge on any atom is 0.417 e. The molecular formula is C12H8BrF3N4S. The Morgan fingerprint density at radius 3 is 2.62 bits per heavy atom. The third-order valence-electron chi connectivity index (χ3n) is 2.52. The molecule has 0 amide bonds. The fourth-order valence-electron chi connectivity index (χ4n) is 1.58. The number of aromatic nitrogens is 2. The molecule has 0 saturated heterocycles. The van der Waals surface area contributed by atoms with Gasteiger partial charge in [0, 0.05) is 10.2 Å². The molecule has 0 aliphatic heterocycles. The first-order chi connectivity index (χ1) is 9.79. The fraction of sp³-hybridized carbons (Fsp3) is 0.0833. The Morgan fingerprint density at radius 2 is 2.00 bits per heavy atom. The van der Waals surface area contributed by atoms with Crippen molar-refractivity contribution in [1.29, 1.82) is 0 Å². The van der Waals surface area contributed by atoms with Crippen LogP contribution < -0.4 is 11.1 Å². The Balaban J connectivity index is 2.40. The van der Waals surface area contributed by atoms with Crippen LogP contribution >= 0.6 is 28.1 Å². The van der Waals surface area contributed by atoms with Crippen LogP contribution in [-0.2, 0) is 6.18 Å². The maximum atomic E-state index is 12.8. The predicted octanol–water partition coefficient (Wildman–Crippen LogP) is 3.64. The number of nitrogens with zero attached hydrogens (tertiary/aromatic N) is 2. The monoisotopic (exact) mass is 376 g/mol. The van der Waals surface area contributed by atoms with Crippen LogP contribution in [0.1, 0.15) is 11.1 Å². The number of nitrogens with two attached hydrogens (primary N) is 1. The molecule has 0 aliphatic rings. The second kappa shape index (κ2) is 5.94. The third kappa shape index (κ3) is 3.67. The molecule has 0 atom stereocenters. The van der Waals surface area contributed by atoms with Gasteiger partial charge in [0.2, 0.25) is 0 Å². The van der Waals surface area contributed by atoms with Gasteiger partial charge in [0.1, 0.15) is 4.99 Å². The highest BCUT2D eigenvalue weighted by molar-refractivity contribution is 9.10. The molecule has 110 valence electrons. The van der Waals surface area contributed by atoms with Gasteiger partial charge in [-0.25, -0.2) is 0 Å². The Labute approximate surface area is 131 Å². The van der Waals surface area contributed by atoms with Crippen molar-refractivity contribution in [3.05, 3.63) is 46.1 Å². The van der Waals surface area contributed by atoms with Crippen LogP contribution in [0.4, 0.5) is 24.7 Å². The van der Waals surface area contributed by atoms with E-state index in [0.717, 1.165) is 6.07 Å². The molecule has 0 bridgehead atoms. The molecule has 0 aliphatic carbocycles. The number of hydrogen-bond acceptors (Lipinski definition) is 4. The van der Waals surface area contributed by atoms with Gasteiger partial charge in [-0.15, -0.1) is 5.10 Å². The average Bonchev–Trinajstić information content (AvgIpc) is 2.40. The normalized spacial score (nSPS) is 11.2. The molecule has 9 heteroatoms. The number of benzene rings is 1. The minimum Gasteiger partial charge on any atom is -0.389 e. The Morgan fingerprint density at radius 1 is 1.29 bits per heavy atom. The standard InChI is InChI=1S/C12H8BrF3N4S/c13-9-2-1-6(5-8(9)12(14,15)16)19-11-7(10(17)21)3-4-18-20-11/h1-5H,(H2,17,21)(H,19,20). The zero-order valence-corrected chi connectivity index (χ0v) is 12.7. The van der Waals surface area contributed by atoms with Gasteiger partial charge in [0.05, 0.1) is 17.3 Å². The van der Waals surface area contributed by atoms with E-state index in [4.69, 9.17) is 18.0 Å². The number of anilines is 2. The van der Waals surface area contributed by atoms with E-state index in [0.29, 0.717) is 5.56 Å². The van der Waals surface area contributed by atoms with E-state index in [1.165, 1.54) is 24.4 Å². The van der Waals surface area contributed by atoms with Crippen molar-refractivity contribution in [1.82, 2.24) is 10.2 Å². The average molecular weight is 377 g/mol. The van der Waals surface area contributed by atoms with Crippen molar-refractivity contribution in [3.8, 4) is 0 Å². The lowest BCUT2D eigenvalue weighted by molar-refractivity contribution is -0.138. The van der Waals surface area contributed by atoms with Crippen molar-refractivity contribution >= 4 is 44.6 Å². The lowest BCUT2D eigenvalue weighted by Crippen LogP contribution is -2.13. The fourth-order valence-corrected chi connectivity index (χ4v) is 2.22. The first-order valence-corrected chi connectivity index (χ1v) is 6.74. The van der Waals surface area contributed by atoms with E-state index in [9.17, 15) is 13.2 Å². The van der Waals surface area contributed by atoms with Gasteiger partial charge in [0.25, 0.3) is 0 Å². The van der Waals surface area contributed by atoms with E-state index in [1.54, 1.807) is 0 Å². The molecule has 2 aromatic rings. The molecule has 4 nitrogen and oxygen atoms in total. The molecule has 0 saturated carbocycles. The van der Waals surface area contributed by atoms with Gasteiger partial charge in [-0.3, -0.25) is 0 Å². The highest BCUT2D eigenvalue weighted by Crippen LogP contribution is 2.36. The summed E-state index contributed by atoms with van der Waals surface area (Å²) in [7, 11) is 0. The van der Waals surface area contributed by atoms with Crippen molar-refractivity contribution in [2.24, 2.45) is 5.73 Å². The van der Waals surface area contributed by atoms with Crippen molar-refractivity contribution in [2.75, 3.05) is 5.32 Å². The third-order valence-corrected chi connectivity index (χ3v) is 3.43. The summed E-state index contributed by atoms with van der Waals surface area (Å²) in [6, 6.07) is 5.25. The van der Waals surface area contributed by atoms with Crippen molar-refractivity contribution < 1.29 is 13.2 Å². The van der Waals surface area contributed by atoms with Crippen LogP contribution in [0.5, 0.6) is 0 Å².